The summed E-state index contributed by atoms with van der Waals surface area (Å²) in [6, 6.07) is 16.4. The van der Waals surface area contributed by atoms with Crippen molar-refractivity contribution in [1.82, 2.24) is 4.90 Å². The first-order chi connectivity index (χ1) is 16.0. The third-order valence-electron chi connectivity index (χ3n) is 5.82. The standard InChI is InChI=1S/C26H26FNO5/c1-30-20-8-4-17(5-9-20)26(29)28-13-12-18-14-24(31-2)25(32-3)15-22(18)23(28)16-33-21-10-6-19(27)7-11-21/h4-11,14-15,23H,12-13,16H2,1-3H3. The molecule has 1 amide bonds. The van der Waals surface area contributed by atoms with Gasteiger partial charge in [0.2, 0.25) is 0 Å². The monoisotopic (exact) mass is 451 g/mol. The number of hydrogen-bond acceptors (Lipinski definition) is 5. The van der Waals surface area contributed by atoms with E-state index in [2.05, 4.69) is 0 Å². The van der Waals surface area contributed by atoms with E-state index in [-0.39, 0.29) is 24.4 Å². The third-order valence-corrected chi connectivity index (χ3v) is 5.82. The first kappa shape index (κ1) is 22.5. The summed E-state index contributed by atoms with van der Waals surface area (Å²) < 4.78 is 35.5. The summed E-state index contributed by atoms with van der Waals surface area (Å²) >= 11 is 0. The number of carbonyl (C=O) groups excluding carboxylic acids is 1. The van der Waals surface area contributed by atoms with E-state index in [1.807, 2.05) is 12.1 Å². The summed E-state index contributed by atoms with van der Waals surface area (Å²) in [6.07, 6.45) is 0.671. The number of methoxy groups -OCH3 is 3. The van der Waals surface area contributed by atoms with Gasteiger partial charge in [-0.25, -0.2) is 4.39 Å². The van der Waals surface area contributed by atoms with Gasteiger partial charge < -0.3 is 23.8 Å². The van der Waals surface area contributed by atoms with Crippen molar-refractivity contribution in [3.8, 4) is 23.0 Å². The van der Waals surface area contributed by atoms with Crippen molar-refractivity contribution in [2.45, 2.75) is 12.5 Å². The van der Waals surface area contributed by atoms with Gasteiger partial charge in [0, 0.05) is 12.1 Å². The van der Waals surface area contributed by atoms with Crippen LogP contribution in [0.25, 0.3) is 0 Å². The van der Waals surface area contributed by atoms with Gasteiger partial charge in [0.25, 0.3) is 5.91 Å². The Morgan fingerprint density at radius 1 is 0.909 bits per heavy atom. The van der Waals surface area contributed by atoms with Gasteiger partial charge in [0.1, 0.15) is 23.9 Å². The molecule has 0 aliphatic carbocycles. The zero-order valence-electron chi connectivity index (χ0n) is 18.8. The summed E-state index contributed by atoms with van der Waals surface area (Å²) in [4.78, 5) is 15.3. The second kappa shape index (κ2) is 9.81. The number of halogens is 1. The molecule has 0 spiro atoms. The molecule has 7 heteroatoms. The number of hydrogen-bond donors (Lipinski definition) is 0. The molecule has 0 saturated heterocycles. The van der Waals surface area contributed by atoms with Crippen LogP contribution < -0.4 is 18.9 Å². The van der Waals surface area contributed by atoms with Crippen molar-refractivity contribution in [2.75, 3.05) is 34.5 Å². The highest BCUT2D eigenvalue weighted by molar-refractivity contribution is 5.95. The highest BCUT2D eigenvalue weighted by Crippen LogP contribution is 2.39. The number of benzene rings is 3. The summed E-state index contributed by atoms with van der Waals surface area (Å²) in [5.41, 5.74) is 2.56. The molecule has 3 aromatic carbocycles. The van der Waals surface area contributed by atoms with Crippen molar-refractivity contribution < 1.29 is 28.1 Å². The Balaban J connectivity index is 1.68. The molecule has 0 bridgehead atoms. The van der Waals surface area contributed by atoms with E-state index in [9.17, 15) is 9.18 Å². The molecule has 1 atom stereocenters. The smallest absolute Gasteiger partial charge is 0.254 e. The Kier molecular flexibility index (Phi) is 6.68. The molecule has 33 heavy (non-hydrogen) atoms. The number of fused-ring (bicyclic) bond motifs is 1. The maximum absolute atomic E-state index is 13.5. The lowest BCUT2D eigenvalue weighted by Gasteiger charge is -2.37. The fourth-order valence-electron chi connectivity index (χ4n) is 4.06. The minimum atomic E-state index is -0.367. The van der Waals surface area contributed by atoms with E-state index in [0.717, 1.165) is 11.1 Å². The summed E-state index contributed by atoms with van der Waals surface area (Å²) in [5, 5.41) is 0. The van der Waals surface area contributed by atoms with E-state index < -0.39 is 0 Å². The second-order valence-electron chi connectivity index (χ2n) is 7.66. The number of ether oxygens (including phenoxy) is 4. The van der Waals surface area contributed by atoms with Crippen LogP contribution in [0.3, 0.4) is 0 Å². The quantitative estimate of drug-likeness (QED) is 0.523. The second-order valence-corrected chi connectivity index (χ2v) is 7.66. The van der Waals surface area contributed by atoms with E-state index in [4.69, 9.17) is 18.9 Å². The van der Waals surface area contributed by atoms with Crippen molar-refractivity contribution in [2.24, 2.45) is 0 Å². The average Bonchev–Trinajstić information content (AvgIpc) is 2.86. The van der Waals surface area contributed by atoms with E-state index >= 15 is 0 Å². The van der Waals surface area contributed by atoms with Crippen LogP contribution in [0.4, 0.5) is 4.39 Å². The number of rotatable bonds is 7. The molecular weight excluding hydrogens is 425 g/mol. The molecule has 4 rings (SSSR count). The van der Waals surface area contributed by atoms with E-state index in [0.29, 0.717) is 41.5 Å². The largest absolute Gasteiger partial charge is 0.497 e. The zero-order chi connectivity index (χ0) is 23.4. The summed E-state index contributed by atoms with van der Waals surface area (Å²) in [7, 11) is 4.77. The van der Waals surface area contributed by atoms with Gasteiger partial charge in [-0.3, -0.25) is 4.79 Å². The predicted octanol–water partition coefficient (Wildman–Crippen LogP) is 4.67. The Bertz CT molecular complexity index is 1110. The van der Waals surface area contributed by atoms with Gasteiger partial charge in [-0.05, 0) is 78.2 Å². The highest BCUT2D eigenvalue weighted by Gasteiger charge is 2.33. The molecule has 0 saturated carbocycles. The molecule has 1 unspecified atom stereocenters. The van der Waals surface area contributed by atoms with Crippen LogP contribution in [0.15, 0.2) is 60.7 Å². The normalized spacial score (nSPS) is 14.9. The molecule has 0 N–H and O–H groups in total. The molecule has 1 aliphatic heterocycles. The molecule has 0 radical (unpaired) electrons. The van der Waals surface area contributed by atoms with Crippen molar-refractivity contribution in [3.63, 3.8) is 0 Å². The van der Waals surface area contributed by atoms with Crippen LogP contribution in [0.1, 0.15) is 27.5 Å². The van der Waals surface area contributed by atoms with Crippen molar-refractivity contribution in [3.05, 3.63) is 83.2 Å². The number of nitrogens with zero attached hydrogens (tertiary/aromatic N) is 1. The fraction of sp³-hybridized carbons (Fsp3) is 0.269. The van der Waals surface area contributed by atoms with Crippen LogP contribution in [-0.2, 0) is 6.42 Å². The first-order valence-electron chi connectivity index (χ1n) is 10.6. The lowest BCUT2D eigenvalue weighted by atomic mass is 9.91. The molecule has 1 heterocycles. The predicted molar refractivity (Wildman–Crippen MR) is 122 cm³/mol. The van der Waals surface area contributed by atoms with Crippen molar-refractivity contribution >= 4 is 5.91 Å². The zero-order valence-corrected chi connectivity index (χ0v) is 18.8. The summed E-state index contributed by atoms with van der Waals surface area (Å²) in [6.45, 7) is 0.723. The van der Waals surface area contributed by atoms with Crippen LogP contribution in [-0.4, -0.2) is 45.3 Å². The Labute approximate surface area is 192 Å². The third kappa shape index (κ3) is 4.72. The average molecular weight is 451 g/mol. The lowest BCUT2D eigenvalue weighted by Crippen LogP contribution is -2.42. The fourth-order valence-corrected chi connectivity index (χ4v) is 4.06. The van der Waals surface area contributed by atoms with Crippen LogP contribution in [0.5, 0.6) is 23.0 Å². The Morgan fingerprint density at radius 2 is 1.55 bits per heavy atom. The maximum atomic E-state index is 13.5. The number of amides is 1. The van der Waals surface area contributed by atoms with Gasteiger partial charge in [-0.2, -0.15) is 0 Å². The maximum Gasteiger partial charge on any atom is 0.254 e. The van der Waals surface area contributed by atoms with Crippen LogP contribution >= 0.6 is 0 Å². The Hall–Kier alpha value is -3.74. The van der Waals surface area contributed by atoms with Gasteiger partial charge >= 0.3 is 0 Å². The van der Waals surface area contributed by atoms with Crippen LogP contribution in [0, 0.1) is 5.82 Å². The topological polar surface area (TPSA) is 57.2 Å². The summed E-state index contributed by atoms with van der Waals surface area (Å²) in [5.74, 6) is 2.00. The molecule has 6 nitrogen and oxygen atoms in total. The number of carbonyl (C=O) groups is 1. The minimum absolute atomic E-state index is 0.106. The molecule has 0 aromatic heterocycles. The SMILES string of the molecule is COc1ccc(C(=O)N2CCc3cc(OC)c(OC)cc3C2COc2ccc(F)cc2)cc1. The Morgan fingerprint density at radius 3 is 2.18 bits per heavy atom. The molecule has 3 aromatic rings. The van der Waals surface area contributed by atoms with Crippen LogP contribution in [0.2, 0.25) is 0 Å². The highest BCUT2D eigenvalue weighted by atomic mass is 19.1. The first-order valence-corrected chi connectivity index (χ1v) is 10.6. The lowest BCUT2D eigenvalue weighted by molar-refractivity contribution is 0.0589. The molecular formula is C26H26FNO5. The molecule has 172 valence electrons. The van der Waals surface area contributed by atoms with Gasteiger partial charge in [-0.1, -0.05) is 0 Å². The molecule has 1 aliphatic rings. The van der Waals surface area contributed by atoms with E-state index in [1.165, 1.54) is 12.1 Å². The van der Waals surface area contributed by atoms with Gasteiger partial charge in [0.05, 0.1) is 27.4 Å². The molecule has 0 fully saturated rings. The van der Waals surface area contributed by atoms with Gasteiger partial charge in [0.15, 0.2) is 11.5 Å². The van der Waals surface area contributed by atoms with Crippen molar-refractivity contribution in [1.29, 1.82) is 0 Å². The van der Waals surface area contributed by atoms with Gasteiger partial charge in [-0.15, -0.1) is 0 Å². The minimum Gasteiger partial charge on any atom is -0.497 e. The van der Waals surface area contributed by atoms with E-state index in [1.54, 1.807) is 62.6 Å².